The van der Waals surface area contributed by atoms with Crippen molar-refractivity contribution in [1.82, 2.24) is 9.80 Å². The van der Waals surface area contributed by atoms with Crippen molar-refractivity contribution in [1.29, 1.82) is 0 Å². The molecule has 3 aliphatic heterocycles. The predicted octanol–water partition coefficient (Wildman–Crippen LogP) is 1.08. The predicted molar refractivity (Wildman–Crippen MR) is 144 cm³/mol. The normalized spacial score (nSPS) is 30.9. The van der Waals surface area contributed by atoms with Crippen LogP contribution in [-0.2, 0) is 38.2 Å². The molecule has 5 aliphatic rings. The zero-order chi connectivity index (χ0) is 30.1. The van der Waals surface area contributed by atoms with Gasteiger partial charge in [-0.1, -0.05) is 6.08 Å². The number of aliphatic hydroxyl groups is 1. The van der Waals surface area contributed by atoms with E-state index in [1.165, 1.54) is 21.1 Å². The molecular formula is C30H34N2O9. The molecule has 2 aliphatic carbocycles. The lowest BCUT2D eigenvalue weighted by atomic mass is 9.68. The zero-order valence-corrected chi connectivity index (χ0v) is 24.2. The van der Waals surface area contributed by atoms with E-state index in [1.807, 2.05) is 4.90 Å². The van der Waals surface area contributed by atoms with Gasteiger partial charge in [0, 0.05) is 45.1 Å². The van der Waals surface area contributed by atoms with Gasteiger partial charge in [0.05, 0.1) is 32.3 Å². The summed E-state index contributed by atoms with van der Waals surface area (Å²) in [6.45, 7) is 6.03. The monoisotopic (exact) mass is 566 g/mol. The number of esters is 1. The Morgan fingerprint density at radius 3 is 1.95 bits per heavy atom. The van der Waals surface area contributed by atoms with Gasteiger partial charge in [0.25, 0.3) is 0 Å². The van der Waals surface area contributed by atoms with Crippen LogP contribution in [0.25, 0.3) is 0 Å². The number of ketones is 4. The Bertz CT molecular complexity index is 1460. The van der Waals surface area contributed by atoms with Gasteiger partial charge in [0.1, 0.15) is 12.8 Å². The van der Waals surface area contributed by atoms with E-state index in [9.17, 15) is 29.1 Å². The minimum absolute atomic E-state index is 0.0224. The molecule has 0 aromatic rings. The number of hydrogen-bond donors (Lipinski definition) is 1. The summed E-state index contributed by atoms with van der Waals surface area (Å²) >= 11 is 0. The zero-order valence-electron chi connectivity index (χ0n) is 24.2. The summed E-state index contributed by atoms with van der Waals surface area (Å²) in [7, 11) is 4.42. The number of likely N-dealkylation sites (N-methyl/N-ethyl adjacent to an activating group) is 1. The third kappa shape index (κ3) is 4.01. The molecule has 0 aromatic heterocycles. The molecule has 3 heterocycles. The van der Waals surface area contributed by atoms with Crippen molar-refractivity contribution in [2.24, 2.45) is 0 Å². The highest BCUT2D eigenvalue weighted by atomic mass is 16.5. The van der Waals surface area contributed by atoms with Gasteiger partial charge in [-0.15, -0.1) is 0 Å². The highest BCUT2D eigenvalue weighted by Crippen LogP contribution is 2.48. The molecule has 1 N–H and O–H groups in total. The average molecular weight is 567 g/mol. The van der Waals surface area contributed by atoms with E-state index in [2.05, 4.69) is 0 Å². The maximum Gasteiger partial charge on any atom is 0.333 e. The van der Waals surface area contributed by atoms with E-state index < -0.39 is 47.9 Å². The number of aliphatic hydroxyl groups excluding tert-OH is 1. The van der Waals surface area contributed by atoms with Crippen LogP contribution >= 0.6 is 0 Å². The van der Waals surface area contributed by atoms with Gasteiger partial charge in [-0.05, 0) is 47.6 Å². The molecule has 0 amide bonds. The second-order valence-electron chi connectivity index (χ2n) is 11.0. The summed E-state index contributed by atoms with van der Waals surface area (Å²) in [6.07, 6.45) is 0.498. The lowest BCUT2D eigenvalue weighted by Crippen LogP contribution is -2.74. The van der Waals surface area contributed by atoms with E-state index in [1.54, 1.807) is 38.8 Å². The topological polar surface area (TPSA) is 140 Å². The molecule has 5 rings (SSSR count). The summed E-state index contributed by atoms with van der Waals surface area (Å²) in [5, 5.41) is 11.8. The van der Waals surface area contributed by atoms with Crippen LogP contribution in [0, 0.1) is 0 Å². The van der Waals surface area contributed by atoms with Gasteiger partial charge < -0.3 is 19.3 Å². The Morgan fingerprint density at radius 1 is 0.902 bits per heavy atom. The summed E-state index contributed by atoms with van der Waals surface area (Å²) in [5.74, 6) is -2.36. The number of piperazine rings is 1. The molecular weight excluding hydrogens is 532 g/mol. The molecule has 218 valence electrons. The molecule has 11 nitrogen and oxygen atoms in total. The lowest BCUT2D eigenvalue weighted by Gasteiger charge is -2.60. The number of allylic oxidation sites excluding steroid dienone is 5. The molecule has 0 radical (unpaired) electrons. The number of carbonyl (C=O) groups excluding carboxylic acids is 5. The largest absolute Gasteiger partial charge is 0.492 e. The molecule has 2 bridgehead atoms. The Morgan fingerprint density at radius 2 is 1.41 bits per heavy atom. The number of rotatable bonds is 5. The number of carbonyl (C=O) groups is 5. The maximum atomic E-state index is 13.8. The van der Waals surface area contributed by atoms with Crippen LogP contribution in [0.15, 0.2) is 56.6 Å². The number of ether oxygens (including phenoxy) is 3. The number of Topliss-reactive ketones (excluding diaryl/α,β-unsaturated/α-hetero) is 4. The van der Waals surface area contributed by atoms with Crippen molar-refractivity contribution in [3.05, 3.63) is 56.6 Å². The van der Waals surface area contributed by atoms with E-state index in [0.29, 0.717) is 11.1 Å². The Balaban J connectivity index is 1.67. The number of nitrogens with zero attached hydrogens (tertiary/aromatic N) is 2. The molecule has 11 heteroatoms. The minimum atomic E-state index is -1.22. The SMILES string of the molecule is C/C=C(/C)C(=O)OC[C@H]1C2=C(C[C@@H]3[C@H]4C5=C(C[C@@H]([C@H](O)N31)N4C)C(=O)C(C)=C(OC)C5=O)C(=O)C(C)=C(OC)C2=O. The highest BCUT2D eigenvalue weighted by molar-refractivity contribution is 6.26. The molecule has 1 fully saturated rings. The summed E-state index contributed by atoms with van der Waals surface area (Å²) in [5.41, 5.74) is 1.65. The Labute approximate surface area is 237 Å². The van der Waals surface area contributed by atoms with Crippen molar-refractivity contribution in [3.8, 4) is 0 Å². The van der Waals surface area contributed by atoms with E-state index in [4.69, 9.17) is 14.2 Å². The standard InChI is InChI=1S/C30H34N2O9/c1-8-12(2)30(38)41-11-19-20-15(23(33)13(3)27(39-6)25(20)35)9-17-22-21-16(10-18(31(22)5)29(37)32(17)19)24(34)14(4)28(40-7)26(21)36/h8,17-19,22,29,37H,9-11H2,1-7H3/b12-8-/t17-,18+,19+,22+,29+/m1/s1. The Hall–Kier alpha value is -3.67. The molecule has 0 spiro atoms. The van der Waals surface area contributed by atoms with Crippen molar-refractivity contribution >= 4 is 29.1 Å². The van der Waals surface area contributed by atoms with Gasteiger partial charge >= 0.3 is 5.97 Å². The van der Waals surface area contributed by atoms with Crippen molar-refractivity contribution in [2.75, 3.05) is 27.9 Å². The number of fused-ring (bicyclic) bond motifs is 5. The Kier molecular flexibility index (Phi) is 7.25. The smallest absolute Gasteiger partial charge is 0.333 e. The molecule has 5 atom stereocenters. The number of methoxy groups -OCH3 is 2. The third-order valence-electron chi connectivity index (χ3n) is 9.17. The summed E-state index contributed by atoms with van der Waals surface area (Å²) < 4.78 is 16.3. The van der Waals surface area contributed by atoms with Crippen molar-refractivity contribution in [2.45, 2.75) is 70.9 Å². The van der Waals surface area contributed by atoms with E-state index >= 15 is 0 Å². The van der Waals surface area contributed by atoms with Crippen molar-refractivity contribution < 1.29 is 43.3 Å². The number of hydrogen-bond acceptors (Lipinski definition) is 11. The molecule has 0 aromatic carbocycles. The first kappa shape index (κ1) is 28.8. The second-order valence-corrected chi connectivity index (χ2v) is 11.0. The van der Waals surface area contributed by atoms with Crippen LogP contribution in [0.4, 0.5) is 0 Å². The summed E-state index contributed by atoms with van der Waals surface area (Å²) in [4.78, 5) is 70.7. The molecule has 0 unspecified atom stereocenters. The van der Waals surface area contributed by atoms with Gasteiger partial charge in [-0.2, -0.15) is 0 Å². The van der Waals surface area contributed by atoms with Gasteiger partial charge in [0.2, 0.25) is 11.6 Å². The molecule has 1 saturated heterocycles. The van der Waals surface area contributed by atoms with Gasteiger partial charge in [0.15, 0.2) is 23.1 Å². The van der Waals surface area contributed by atoms with Gasteiger partial charge in [-0.3, -0.25) is 29.0 Å². The minimum Gasteiger partial charge on any atom is -0.492 e. The van der Waals surface area contributed by atoms with Crippen LogP contribution in [0.1, 0.15) is 40.5 Å². The third-order valence-corrected chi connectivity index (χ3v) is 9.17. The maximum absolute atomic E-state index is 13.8. The first-order valence-electron chi connectivity index (χ1n) is 13.5. The van der Waals surface area contributed by atoms with Crippen LogP contribution in [0.2, 0.25) is 0 Å². The highest BCUT2D eigenvalue weighted by Gasteiger charge is 2.59. The molecule has 41 heavy (non-hydrogen) atoms. The second kappa shape index (κ2) is 10.3. The fraction of sp³-hybridized carbons (Fsp3) is 0.500. The fourth-order valence-corrected chi connectivity index (χ4v) is 6.97. The average Bonchev–Trinajstić information content (AvgIpc) is 2.95. The van der Waals surface area contributed by atoms with Gasteiger partial charge in [-0.25, -0.2) is 4.79 Å². The lowest BCUT2D eigenvalue weighted by molar-refractivity contribution is -0.171. The van der Waals surface area contributed by atoms with Crippen LogP contribution < -0.4 is 0 Å². The van der Waals surface area contributed by atoms with Crippen LogP contribution in [0.3, 0.4) is 0 Å². The first-order valence-corrected chi connectivity index (χ1v) is 13.5. The van der Waals surface area contributed by atoms with Crippen molar-refractivity contribution in [3.63, 3.8) is 0 Å². The molecule has 0 saturated carbocycles. The van der Waals surface area contributed by atoms with E-state index in [-0.39, 0.29) is 70.4 Å². The fourth-order valence-electron chi connectivity index (χ4n) is 6.97. The quantitative estimate of drug-likeness (QED) is 0.290. The summed E-state index contributed by atoms with van der Waals surface area (Å²) in [6, 6.07) is -3.03. The first-order chi connectivity index (χ1) is 19.4. The van der Waals surface area contributed by atoms with Crippen LogP contribution in [0.5, 0.6) is 0 Å². The van der Waals surface area contributed by atoms with Crippen LogP contribution in [-0.4, -0.2) is 102 Å². The van der Waals surface area contributed by atoms with E-state index in [0.717, 1.165) is 0 Å².